The summed E-state index contributed by atoms with van der Waals surface area (Å²) in [5, 5.41) is 0. The van der Waals surface area contributed by atoms with Crippen molar-refractivity contribution in [1.29, 1.82) is 0 Å². The molecule has 0 spiro atoms. The summed E-state index contributed by atoms with van der Waals surface area (Å²) in [5.74, 6) is -0.548. The molecular weight excluding hydrogens is 331 g/mol. The van der Waals surface area contributed by atoms with Crippen LogP contribution in [0.5, 0.6) is 0 Å². The van der Waals surface area contributed by atoms with E-state index in [1.165, 1.54) is 19.2 Å². The van der Waals surface area contributed by atoms with Gasteiger partial charge < -0.3 is 4.74 Å². The molecule has 1 aromatic rings. The standard InChI is InChI=1S/C15H20F3NO3S/c1-14(2,3)23(21)19-12(9-13(20)22-4)10-5-7-11(8-6-10)15(16,17)18/h5-8,12,19H,9H2,1-4H3/t12-,23?/m0/s1. The van der Waals surface area contributed by atoms with Crippen LogP contribution in [-0.4, -0.2) is 22.0 Å². The summed E-state index contributed by atoms with van der Waals surface area (Å²) in [5.41, 5.74) is -0.351. The molecule has 1 rings (SSSR count). The number of esters is 1. The van der Waals surface area contributed by atoms with Crippen LogP contribution in [0.4, 0.5) is 13.2 Å². The normalized spacial score (nSPS) is 15.1. The van der Waals surface area contributed by atoms with Crippen molar-refractivity contribution >= 4 is 17.0 Å². The fourth-order valence-electron chi connectivity index (χ4n) is 1.69. The zero-order chi connectivity index (χ0) is 17.8. The van der Waals surface area contributed by atoms with Crippen LogP contribution >= 0.6 is 0 Å². The minimum atomic E-state index is -4.43. The second-order valence-corrected chi connectivity index (χ2v) is 7.95. The number of alkyl halides is 3. The smallest absolute Gasteiger partial charge is 0.416 e. The van der Waals surface area contributed by atoms with E-state index in [4.69, 9.17) is 0 Å². The Morgan fingerprint density at radius 3 is 2.13 bits per heavy atom. The Hall–Kier alpha value is -1.41. The third kappa shape index (κ3) is 5.95. The van der Waals surface area contributed by atoms with Gasteiger partial charge in [0.1, 0.15) is 0 Å². The molecule has 0 fully saturated rings. The lowest BCUT2D eigenvalue weighted by molar-refractivity contribution is -0.141. The number of rotatable bonds is 5. The SMILES string of the molecule is COC(=O)C[C@H](NS(=O)C(C)(C)C)c1ccc(C(F)(F)F)cc1. The van der Waals surface area contributed by atoms with Gasteiger partial charge in [0, 0.05) is 0 Å². The van der Waals surface area contributed by atoms with Crippen molar-refractivity contribution in [2.24, 2.45) is 0 Å². The molecule has 1 aromatic carbocycles. The maximum atomic E-state index is 12.6. The number of nitrogens with one attached hydrogen (secondary N) is 1. The van der Waals surface area contributed by atoms with E-state index in [9.17, 15) is 22.2 Å². The second-order valence-electron chi connectivity index (χ2n) is 5.95. The van der Waals surface area contributed by atoms with Gasteiger partial charge in [0.05, 0.1) is 40.9 Å². The van der Waals surface area contributed by atoms with Crippen LogP contribution in [0.15, 0.2) is 24.3 Å². The van der Waals surface area contributed by atoms with Gasteiger partial charge in [0.2, 0.25) is 0 Å². The molecule has 8 heteroatoms. The molecule has 1 N–H and O–H groups in total. The summed E-state index contributed by atoms with van der Waals surface area (Å²) in [7, 11) is -0.274. The lowest BCUT2D eigenvalue weighted by Gasteiger charge is -2.24. The number of halogens is 3. The van der Waals surface area contributed by atoms with Crippen molar-refractivity contribution < 1.29 is 26.9 Å². The summed E-state index contributed by atoms with van der Waals surface area (Å²) in [4.78, 5) is 11.5. The van der Waals surface area contributed by atoms with Crippen LogP contribution in [0.1, 0.15) is 44.4 Å². The Morgan fingerprint density at radius 2 is 1.74 bits per heavy atom. The third-order valence-corrected chi connectivity index (χ3v) is 4.66. The predicted octanol–water partition coefficient (Wildman–Crippen LogP) is 3.36. The zero-order valence-electron chi connectivity index (χ0n) is 13.4. The van der Waals surface area contributed by atoms with E-state index in [0.29, 0.717) is 5.56 Å². The molecule has 0 aliphatic rings. The van der Waals surface area contributed by atoms with Gasteiger partial charge in [0.15, 0.2) is 0 Å². The van der Waals surface area contributed by atoms with E-state index < -0.39 is 39.5 Å². The van der Waals surface area contributed by atoms with Crippen LogP contribution < -0.4 is 4.72 Å². The molecule has 0 aliphatic heterocycles. The molecule has 0 saturated carbocycles. The molecule has 0 aliphatic carbocycles. The van der Waals surface area contributed by atoms with Crippen LogP contribution in [0, 0.1) is 0 Å². The number of hydrogen-bond acceptors (Lipinski definition) is 3. The number of carbonyl (C=O) groups is 1. The Labute approximate surface area is 136 Å². The van der Waals surface area contributed by atoms with Crippen molar-refractivity contribution in [3.05, 3.63) is 35.4 Å². The van der Waals surface area contributed by atoms with Crippen molar-refractivity contribution in [2.45, 2.75) is 44.2 Å². The van der Waals surface area contributed by atoms with Gasteiger partial charge in [-0.05, 0) is 38.5 Å². The highest BCUT2D eigenvalue weighted by Gasteiger charge is 2.31. The molecule has 1 unspecified atom stereocenters. The van der Waals surface area contributed by atoms with Gasteiger partial charge in [-0.1, -0.05) is 12.1 Å². The van der Waals surface area contributed by atoms with Crippen LogP contribution in [0.25, 0.3) is 0 Å². The lowest BCUT2D eigenvalue weighted by Crippen LogP contribution is -2.36. The summed E-state index contributed by atoms with van der Waals surface area (Å²) < 4.78 is 56.8. The van der Waals surface area contributed by atoms with Crippen LogP contribution in [-0.2, 0) is 26.7 Å². The summed E-state index contributed by atoms with van der Waals surface area (Å²) >= 11 is 0. The Morgan fingerprint density at radius 1 is 1.22 bits per heavy atom. The van der Waals surface area contributed by atoms with Gasteiger partial charge in [-0.3, -0.25) is 4.79 Å². The van der Waals surface area contributed by atoms with Crippen LogP contribution in [0.3, 0.4) is 0 Å². The van der Waals surface area contributed by atoms with Crippen molar-refractivity contribution in [3.8, 4) is 0 Å². The van der Waals surface area contributed by atoms with E-state index in [1.54, 1.807) is 20.8 Å². The second kappa shape index (κ2) is 7.44. The molecule has 0 bridgehead atoms. The average Bonchev–Trinajstić information content (AvgIpc) is 2.44. The summed E-state index contributed by atoms with van der Waals surface area (Å²) in [6.07, 6.45) is -4.57. The van der Waals surface area contributed by atoms with E-state index in [0.717, 1.165) is 12.1 Å². The molecule has 2 atom stereocenters. The molecule has 0 heterocycles. The molecule has 0 aromatic heterocycles. The van der Waals surface area contributed by atoms with Crippen LogP contribution in [0.2, 0.25) is 0 Å². The lowest BCUT2D eigenvalue weighted by atomic mass is 10.0. The molecule has 130 valence electrons. The minimum absolute atomic E-state index is 0.135. The Balaban J connectivity index is 3.04. The maximum Gasteiger partial charge on any atom is 0.416 e. The zero-order valence-corrected chi connectivity index (χ0v) is 14.2. The number of carbonyl (C=O) groups excluding carboxylic acids is 1. The number of methoxy groups -OCH3 is 1. The largest absolute Gasteiger partial charge is 0.469 e. The van der Waals surface area contributed by atoms with E-state index in [-0.39, 0.29) is 6.42 Å². The summed E-state index contributed by atoms with van der Waals surface area (Å²) in [6, 6.07) is 3.69. The molecule has 23 heavy (non-hydrogen) atoms. The first-order valence-corrected chi connectivity index (χ1v) is 8.02. The Bertz CT molecular complexity index is 565. The van der Waals surface area contributed by atoms with Crippen molar-refractivity contribution in [1.82, 2.24) is 4.72 Å². The predicted molar refractivity (Wildman–Crippen MR) is 81.8 cm³/mol. The van der Waals surface area contributed by atoms with Gasteiger partial charge in [0.25, 0.3) is 0 Å². The fraction of sp³-hybridized carbons (Fsp3) is 0.533. The van der Waals surface area contributed by atoms with Gasteiger partial charge in [-0.15, -0.1) is 0 Å². The van der Waals surface area contributed by atoms with Gasteiger partial charge in [-0.25, -0.2) is 8.93 Å². The highest BCUT2D eigenvalue weighted by Crippen LogP contribution is 2.30. The molecule has 0 radical (unpaired) electrons. The topological polar surface area (TPSA) is 55.4 Å². The number of benzene rings is 1. The monoisotopic (exact) mass is 351 g/mol. The van der Waals surface area contributed by atoms with Gasteiger partial charge >= 0.3 is 12.1 Å². The highest BCUT2D eigenvalue weighted by molar-refractivity contribution is 7.84. The number of ether oxygens (including phenoxy) is 1. The maximum absolute atomic E-state index is 12.6. The Kier molecular flexibility index (Phi) is 6.35. The molecule has 4 nitrogen and oxygen atoms in total. The average molecular weight is 351 g/mol. The minimum Gasteiger partial charge on any atom is -0.469 e. The molecule has 0 saturated heterocycles. The summed E-state index contributed by atoms with van der Waals surface area (Å²) in [6.45, 7) is 5.24. The quantitative estimate of drug-likeness (QED) is 0.828. The fourth-order valence-corrected chi connectivity index (χ4v) is 2.52. The van der Waals surface area contributed by atoms with E-state index in [1.807, 2.05) is 0 Å². The molecular formula is C15H20F3NO3S. The van der Waals surface area contributed by atoms with E-state index >= 15 is 0 Å². The number of hydrogen-bond donors (Lipinski definition) is 1. The third-order valence-electron chi connectivity index (χ3n) is 3.04. The van der Waals surface area contributed by atoms with Crippen molar-refractivity contribution in [3.63, 3.8) is 0 Å². The highest BCUT2D eigenvalue weighted by atomic mass is 32.2. The van der Waals surface area contributed by atoms with Crippen molar-refractivity contribution in [2.75, 3.05) is 7.11 Å². The first-order valence-electron chi connectivity index (χ1n) is 6.87. The van der Waals surface area contributed by atoms with Gasteiger partial charge in [-0.2, -0.15) is 13.2 Å². The van der Waals surface area contributed by atoms with E-state index in [2.05, 4.69) is 9.46 Å². The molecule has 0 amide bonds. The first kappa shape index (κ1) is 19.6. The first-order chi connectivity index (χ1) is 10.4.